The number of hydrogen-bond acceptors (Lipinski definition) is 5. The predicted octanol–water partition coefficient (Wildman–Crippen LogP) is 4.26. The molecule has 3 aromatic rings. The van der Waals surface area contributed by atoms with Crippen LogP contribution in [0.2, 0.25) is 0 Å². The molecule has 32 heavy (non-hydrogen) atoms. The summed E-state index contributed by atoms with van der Waals surface area (Å²) in [6.45, 7) is 2.47. The molecule has 0 unspecified atom stereocenters. The Morgan fingerprint density at radius 1 is 1.16 bits per heavy atom. The van der Waals surface area contributed by atoms with Gasteiger partial charge in [-0.3, -0.25) is 9.59 Å². The van der Waals surface area contributed by atoms with Crippen LogP contribution in [0.5, 0.6) is 5.75 Å². The van der Waals surface area contributed by atoms with Crippen LogP contribution in [0, 0.1) is 0 Å². The smallest absolute Gasteiger partial charge is 0.328 e. The Kier molecular flexibility index (Phi) is 5.89. The van der Waals surface area contributed by atoms with Gasteiger partial charge in [0, 0.05) is 35.0 Å². The minimum absolute atomic E-state index is 0.0913. The molecular weight excluding hydrogens is 410 g/mol. The Bertz CT molecular complexity index is 1330. The number of aliphatic carboxylic acids is 1. The Hall–Kier alpha value is -4.13. The number of benzene rings is 2. The fourth-order valence-electron chi connectivity index (χ4n) is 3.71. The molecule has 0 atom stereocenters. The van der Waals surface area contributed by atoms with E-state index in [2.05, 4.69) is 5.32 Å². The molecular formula is C25H21NO6. The highest BCUT2D eigenvalue weighted by molar-refractivity contribution is 6.03. The Labute approximate surface area is 183 Å². The molecule has 1 aliphatic carbocycles. The van der Waals surface area contributed by atoms with Gasteiger partial charge in [0.2, 0.25) is 5.91 Å². The summed E-state index contributed by atoms with van der Waals surface area (Å²) in [4.78, 5) is 35.5. The predicted molar refractivity (Wildman–Crippen MR) is 122 cm³/mol. The van der Waals surface area contributed by atoms with E-state index < -0.39 is 11.9 Å². The van der Waals surface area contributed by atoms with Gasteiger partial charge in [-0.1, -0.05) is 18.2 Å². The minimum atomic E-state index is -1.22. The van der Waals surface area contributed by atoms with Gasteiger partial charge in [-0.15, -0.1) is 0 Å². The van der Waals surface area contributed by atoms with Crippen molar-refractivity contribution < 1.29 is 23.8 Å². The molecule has 1 heterocycles. The van der Waals surface area contributed by atoms with Gasteiger partial charge >= 0.3 is 5.97 Å². The summed E-state index contributed by atoms with van der Waals surface area (Å²) >= 11 is 0. The summed E-state index contributed by atoms with van der Waals surface area (Å²) < 4.78 is 11.8. The Morgan fingerprint density at radius 2 is 1.97 bits per heavy atom. The summed E-state index contributed by atoms with van der Waals surface area (Å²) in [6, 6.07) is 12.4. The van der Waals surface area contributed by atoms with Crippen molar-refractivity contribution in [2.24, 2.45) is 0 Å². The monoisotopic (exact) mass is 431 g/mol. The fourth-order valence-corrected chi connectivity index (χ4v) is 3.71. The summed E-state index contributed by atoms with van der Waals surface area (Å²) in [7, 11) is 0. The maximum absolute atomic E-state index is 13.0. The molecule has 0 aliphatic heterocycles. The number of carboxylic acid groups (broad SMARTS) is 1. The zero-order valence-corrected chi connectivity index (χ0v) is 17.4. The molecule has 1 aliphatic rings. The highest BCUT2D eigenvalue weighted by Gasteiger charge is 2.24. The van der Waals surface area contributed by atoms with Crippen LogP contribution in [0.1, 0.15) is 30.2 Å². The van der Waals surface area contributed by atoms with E-state index in [9.17, 15) is 14.4 Å². The molecule has 0 saturated carbocycles. The molecule has 1 amide bonds. The van der Waals surface area contributed by atoms with E-state index in [1.54, 1.807) is 18.2 Å². The van der Waals surface area contributed by atoms with Crippen LogP contribution < -0.4 is 15.5 Å². The first-order chi connectivity index (χ1) is 15.5. The van der Waals surface area contributed by atoms with Gasteiger partial charge < -0.3 is 19.6 Å². The van der Waals surface area contributed by atoms with Crippen LogP contribution in [0.3, 0.4) is 0 Å². The van der Waals surface area contributed by atoms with Gasteiger partial charge in [-0.05, 0) is 49.6 Å². The highest BCUT2D eigenvalue weighted by Crippen LogP contribution is 2.36. The Balaban J connectivity index is 1.72. The van der Waals surface area contributed by atoms with Crippen molar-refractivity contribution in [2.75, 3.05) is 11.9 Å². The average molecular weight is 431 g/mol. The first kappa shape index (κ1) is 21.1. The van der Waals surface area contributed by atoms with Gasteiger partial charge in [0.25, 0.3) is 0 Å². The third-order valence-electron chi connectivity index (χ3n) is 5.12. The summed E-state index contributed by atoms with van der Waals surface area (Å²) in [6.07, 6.45) is 4.92. The molecule has 2 N–H and O–H groups in total. The lowest BCUT2D eigenvalue weighted by molar-refractivity contribution is -0.131. The number of rotatable bonds is 6. The number of ether oxygens (including phenoxy) is 1. The first-order valence-corrected chi connectivity index (χ1v) is 10.2. The molecule has 1 aromatic heterocycles. The molecule has 7 nitrogen and oxygen atoms in total. The third kappa shape index (κ3) is 4.32. The average Bonchev–Trinajstić information content (AvgIpc) is 3.16. The highest BCUT2D eigenvalue weighted by atomic mass is 16.5. The lowest BCUT2D eigenvalue weighted by Crippen LogP contribution is -2.11. The molecule has 0 bridgehead atoms. The van der Waals surface area contributed by atoms with E-state index in [4.69, 9.17) is 14.3 Å². The van der Waals surface area contributed by atoms with Crippen molar-refractivity contribution in [3.8, 4) is 5.75 Å². The van der Waals surface area contributed by atoms with Crippen LogP contribution in [0.15, 0.2) is 63.8 Å². The third-order valence-corrected chi connectivity index (χ3v) is 5.12. The molecule has 4 rings (SSSR count). The molecule has 0 spiro atoms. The van der Waals surface area contributed by atoms with Crippen molar-refractivity contribution in [3.63, 3.8) is 0 Å². The second-order valence-electron chi connectivity index (χ2n) is 7.25. The number of anilines is 1. The van der Waals surface area contributed by atoms with E-state index in [0.29, 0.717) is 47.4 Å². The zero-order chi connectivity index (χ0) is 22.7. The quantitative estimate of drug-likeness (QED) is 0.565. The summed E-state index contributed by atoms with van der Waals surface area (Å²) in [5.41, 5.74) is 3.10. The van der Waals surface area contributed by atoms with Crippen molar-refractivity contribution >= 4 is 40.2 Å². The van der Waals surface area contributed by atoms with Gasteiger partial charge in [0.05, 0.1) is 12.0 Å². The van der Waals surface area contributed by atoms with Gasteiger partial charge in [0.15, 0.2) is 5.43 Å². The van der Waals surface area contributed by atoms with Crippen LogP contribution in [-0.4, -0.2) is 23.6 Å². The molecule has 0 fully saturated rings. The van der Waals surface area contributed by atoms with Crippen molar-refractivity contribution in [2.45, 2.75) is 19.8 Å². The van der Waals surface area contributed by atoms with E-state index in [1.165, 1.54) is 0 Å². The van der Waals surface area contributed by atoms with Crippen LogP contribution >= 0.6 is 0 Å². The fraction of sp³-hybridized carbons (Fsp3) is 0.160. The van der Waals surface area contributed by atoms with Gasteiger partial charge in [-0.2, -0.15) is 0 Å². The lowest BCUT2D eigenvalue weighted by Gasteiger charge is -2.09. The number of allylic oxidation sites excluding steroid dienone is 1. The largest absolute Gasteiger partial charge is 0.493 e. The number of fused-ring (bicyclic) bond motifs is 2. The maximum atomic E-state index is 13.0. The normalized spacial score (nSPS) is 14.1. The van der Waals surface area contributed by atoms with Crippen LogP contribution in [0.25, 0.3) is 22.6 Å². The van der Waals surface area contributed by atoms with Gasteiger partial charge in [-0.25, -0.2) is 4.79 Å². The summed E-state index contributed by atoms with van der Waals surface area (Å²) in [5, 5.41) is 11.6. The second-order valence-corrected chi connectivity index (χ2v) is 7.25. The van der Waals surface area contributed by atoms with E-state index in [-0.39, 0.29) is 5.43 Å². The number of nitrogens with one attached hydrogen (secondary N) is 1. The van der Waals surface area contributed by atoms with Crippen molar-refractivity contribution in [1.29, 1.82) is 0 Å². The number of para-hydroxylation sites is 1. The summed E-state index contributed by atoms with van der Waals surface area (Å²) in [5.74, 6) is -0.504. The molecule has 162 valence electrons. The molecule has 0 saturated heterocycles. The number of carbonyl (C=O) groups is 2. The van der Waals surface area contributed by atoms with E-state index >= 15 is 0 Å². The number of carboxylic acids is 1. The Morgan fingerprint density at radius 3 is 2.75 bits per heavy atom. The topological polar surface area (TPSA) is 106 Å². The van der Waals surface area contributed by atoms with Crippen molar-refractivity contribution in [3.05, 3.63) is 81.7 Å². The maximum Gasteiger partial charge on any atom is 0.328 e. The molecule has 0 radical (unpaired) electrons. The number of carbonyl (C=O) groups excluding carboxylic acids is 1. The number of amides is 1. The number of hydrogen-bond donors (Lipinski definition) is 2. The van der Waals surface area contributed by atoms with Crippen molar-refractivity contribution in [1.82, 2.24) is 0 Å². The van der Waals surface area contributed by atoms with Crippen LogP contribution in [-0.2, 0) is 16.0 Å². The lowest BCUT2D eigenvalue weighted by atomic mass is 10.1. The molecule has 2 aromatic carbocycles. The van der Waals surface area contributed by atoms with Crippen LogP contribution in [0.4, 0.5) is 5.69 Å². The molecule has 7 heteroatoms. The SMILES string of the molecule is CCOc1ccccc1/C=C1/CCc2c1oc1cc(NC(=O)/C=C\C(=O)O)ccc1c2=O. The van der Waals surface area contributed by atoms with E-state index in [0.717, 1.165) is 29.0 Å². The standard InChI is InChI=1S/C25H21NO6/c1-2-31-20-6-4-3-5-15(20)13-16-7-9-19-24(30)18-10-8-17(14-21(18)32-25(16)19)26-22(27)11-12-23(28)29/h3-6,8,10-14H,2,7,9H2,1H3,(H,26,27)(H,28,29)/b12-11-,16-13-. The minimum Gasteiger partial charge on any atom is -0.493 e. The first-order valence-electron chi connectivity index (χ1n) is 10.2. The van der Waals surface area contributed by atoms with E-state index in [1.807, 2.05) is 37.3 Å². The zero-order valence-electron chi connectivity index (χ0n) is 17.4. The van der Waals surface area contributed by atoms with Gasteiger partial charge in [0.1, 0.15) is 17.1 Å². The second kappa shape index (κ2) is 8.93.